The number of rotatable bonds is 2. The maximum Gasteiger partial charge on any atom is 0.308 e. The van der Waals surface area contributed by atoms with E-state index in [1.165, 1.54) is 0 Å². The summed E-state index contributed by atoms with van der Waals surface area (Å²) in [7, 11) is 0. The normalized spacial score (nSPS) is 29.1. The second-order valence-electron chi connectivity index (χ2n) is 3.86. The Bertz CT molecular complexity index is 325. The molecule has 2 aliphatic rings. The molecule has 1 saturated carbocycles. The number of hydrogen-bond donors (Lipinski definition) is 1. The summed E-state index contributed by atoms with van der Waals surface area (Å²) in [5.74, 6) is -0.610. The molecule has 0 aromatic heterocycles. The molecule has 15 heavy (non-hydrogen) atoms. The zero-order valence-electron chi connectivity index (χ0n) is 8.66. The Kier molecular flexibility index (Phi) is 2.70. The van der Waals surface area contributed by atoms with Gasteiger partial charge in [-0.1, -0.05) is 0 Å². The van der Waals surface area contributed by atoms with Crippen LogP contribution in [0, 0.1) is 11.8 Å². The number of nitrogens with zero attached hydrogens (tertiary/aromatic N) is 1. The lowest BCUT2D eigenvalue weighted by molar-refractivity contribution is -0.149. The van der Waals surface area contributed by atoms with E-state index in [-0.39, 0.29) is 23.7 Å². The first-order valence-corrected chi connectivity index (χ1v) is 5.25. The van der Waals surface area contributed by atoms with E-state index < -0.39 is 0 Å². The van der Waals surface area contributed by atoms with E-state index in [0.29, 0.717) is 19.4 Å². The molecule has 2 unspecified atom stereocenters. The minimum Gasteiger partial charge on any atom is -0.466 e. The van der Waals surface area contributed by atoms with Crippen molar-refractivity contribution in [1.29, 1.82) is 0 Å². The van der Waals surface area contributed by atoms with E-state index in [1.54, 1.807) is 6.92 Å². The minimum atomic E-state index is -0.201. The highest BCUT2D eigenvalue weighted by Crippen LogP contribution is 2.30. The maximum absolute atomic E-state index is 11.5. The van der Waals surface area contributed by atoms with Crippen molar-refractivity contribution in [3.05, 3.63) is 0 Å². The lowest BCUT2D eigenvalue weighted by Gasteiger charge is -2.23. The third kappa shape index (κ3) is 1.86. The van der Waals surface area contributed by atoms with Crippen molar-refractivity contribution >= 4 is 17.6 Å². The molecule has 0 aromatic carbocycles. The highest BCUT2D eigenvalue weighted by atomic mass is 16.5. The average molecular weight is 210 g/mol. The van der Waals surface area contributed by atoms with Gasteiger partial charge in [0.15, 0.2) is 0 Å². The second-order valence-corrected chi connectivity index (χ2v) is 3.86. The van der Waals surface area contributed by atoms with Crippen LogP contribution in [-0.2, 0) is 14.3 Å². The lowest BCUT2D eigenvalue weighted by Crippen LogP contribution is -2.33. The smallest absolute Gasteiger partial charge is 0.308 e. The summed E-state index contributed by atoms with van der Waals surface area (Å²) in [6.45, 7) is 2.18. The topological polar surface area (TPSA) is 67.8 Å². The summed E-state index contributed by atoms with van der Waals surface area (Å²) >= 11 is 0. The van der Waals surface area contributed by atoms with Crippen LogP contribution in [0.4, 0.5) is 0 Å². The minimum absolute atomic E-state index is 0.0843. The fourth-order valence-electron chi connectivity index (χ4n) is 2.11. The number of hydrazone groups is 1. The Labute approximate surface area is 87.9 Å². The molecule has 2 rings (SSSR count). The molecule has 5 nitrogen and oxygen atoms in total. The molecule has 1 amide bonds. The highest BCUT2D eigenvalue weighted by molar-refractivity contribution is 6.08. The van der Waals surface area contributed by atoms with Crippen LogP contribution in [0.2, 0.25) is 0 Å². The number of hydrogen-bond acceptors (Lipinski definition) is 4. The Balaban J connectivity index is 2.00. The van der Waals surface area contributed by atoms with Crippen LogP contribution in [0.15, 0.2) is 5.10 Å². The molecule has 2 atom stereocenters. The summed E-state index contributed by atoms with van der Waals surface area (Å²) in [5.41, 5.74) is 3.34. The van der Waals surface area contributed by atoms with Gasteiger partial charge in [0.05, 0.1) is 24.2 Å². The number of esters is 1. The van der Waals surface area contributed by atoms with Crippen LogP contribution >= 0.6 is 0 Å². The zero-order chi connectivity index (χ0) is 10.8. The third-order valence-corrected chi connectivity index (χ3v) is 2.92. The first-order valence-electron chi connectivity index (χ1n) is 5.25. The molecule has 82 valence electrons. The summed E-state index contributed by atoms with van der Waals surface area (Å²) < 4.78 is 4.95. The molecular weight excluding hydrogens is 196 g/mol. The molecule has 0 radical (unpaired) electrons. The molecular formula is C10H14N2O3. The molecule has 1 aliphatic carbocycles. The van der Waals surface area contributed by atoms with Gasteiger partial charge in [-0.2, -0.15) is 5.10 Å². The van der Waals surface area contributed by atoms with Crippen molar-refractivity contribution in [2.75, 3.05) is 6.61 Å². The average Bonchev–Trinajstić information content (AvgIpc) is 2.60. The van der Waals surface area contributed by atoms with Crippen molar-refractivity contribution in [2.24, 2.45) is 16.9 Å². The van der Waals surface area contributed by atoms with E-state index in [1.807, 2.05) is 0 Å². The molecule has 0 spiro atoms. The van der Waals surface area contributed by atoms with Crippen LogP contribution in [0.25, 0.3) is 0 Å². The fourth-order valence-corrected chi connectivity index (χ4v) is 2.11. The van der Waals surface area contributed by atoms with Gasteiger partial charge in [-0.3, -0.25) is 9.59 Å². The second kappa shape index (κ2) is 4.00. The molecule has 1 heterocycles. The number of carbonyl (C=O) groups is 2. The largest absolute Gasteiger partial charge is 0.466 e. The molecule has 1 N–H and O–H groups in total. The predicted octanol–water partition coefficient (Wildman–Crippen LogP) is 0.452. The monoisotopic (exact) mass is 210 g/mol. The van der Waals surface area contributed by atoms with Crippen LogP contribution in [0.5, 0.6) is 0 Å². The Morgan fingerprint density at radius 1 is 1.67 bits per heavy atom. The van der Waals surface area contributed by atoms with Gasteiger partial charge in [-0.25, -0.2) is 5.43 Å². The molecule has 5 heteroatoms. The van der Waals surface area contributed by atoms with Gasteiger partial charge in [0.2, 0.25) is 5.91 Å². The van der Waals surface area contributed by atoms with E-state index in [4.69, 9.17) is 4.74 Å². The predicted molar refractivity (Wildman–Crippen MR) is 53.0 cm³/mol. The SMILES string of the molecule is CCOC(=O)C1CCC2=NNC(=O)C2C1. The fraction of sp³-hybridized carbons (Fsp3) is 0.700. The summed E-state index contributed by atoms with van der Waals surface area (Å²) in [6, 6.07) is 0. The van der Waals surface area contributed by atoms with Gasteiger partial charge in [0.1, 0.15) is 0 Å². The number of ether oxygens (including phenoxy) is 1. The maximum atomic E-state index is 11.5. The third-order valence-electron chi connectivity index (χ3n) is 2.92. The zero-order valence-corrected chi connectivity index (χ0v) is 8.66. The van der Waals surface area contributed by atoms with E-state index >= 15 is 0 Å². The molecule has 1 aliphatic heterocycles. The summed E-state index contributed by atoms with van der Waals surface area (Å²) in [6.07, 6.45) is 2.00. The van der Waals surface area contributed by atoms with Crippen molar-refractivity contribution in [3.63, 3.8) is 0 Å². The van der Waals surface area contributed by atoms with Gasteiger partial charge in [-0.15, -0.1) is 0 Å². The van der Waals surface area contributed by atoms with E-state index in [2.05, 4.69) is 10.5 Å². The molecule has 0 aromatic rings. The van der Waals surface area contributed by atoms with Crippen LogP contribution in [0.1, 0.15) is 26.2 Å². The van der Waals surface area contributed by atoms with Crippen molar-refractivity contribution < 1.29 is 14.3 Å². The molecule has 0 bridgehead atoms. The number of nitrogens with one attached hydrogen (secondary N) is 1. The van der Waals surface area contributed by atoms with E-state index in [0.717, 1.165) is 12.1 Å². The van der Waals surface area contributed by atoms with Gasteiger partial charge in [0, 0.05) is 0 Å². The van der Waals surface area contributed by atoms with Gasteiger partial charge >= 0.3 is 5.97 Å². The first-order chi connectivity index (χ1) is 7.22. The Morgan fingerprint density at radius 3 is 3.20 bits per heavy atom. The molecule has 0 saturated heterocycles. The summed E-state index contributed by atoms with van der Waals surface area (Å²) in [5, 5.41) is 3.94. The standard InChI is InChI=1S/C10H14N2O3/c1-2-15-10(14)6-3-4-8-7(5-6)9(13)12-11-8/h6-7H,2-5H2,1H3,(H,12,13). The van der Waals surface area contributed by atoms with Gasteiger partial charge in [-0.05, 0) is 26.2 Å². The first kappa shape index (κ1) is 10.1. The highest BCUT2D eigenvalue weighted by Gasteiger charge is 2.38. The number of carbonyl (C=O) groups excluding carboxylic acids is 2. The Hall–Kier alpha value is -1.39. The Morgan fingerprint density at radius 2 is 2.47 bits per heavy atom. The lowest BCUT2D eigenvalue weighted by atomic mass is 9.80. The van der Waals surface area contributed by atoms with Crippen molar-refractivity contribution in [3.8, 4) is 0 Å². The van der Waals surface area contributed by atoms with Crippen LogP contribution < -0.4 is 5.43 Å². The number of fused-ring (bicyclic) bond motifs is 1. The number of amides is 1. The van der Waals surface area contributed by atoms with Crippen molar-refractivity contribution in [1.82, 2.24) is 5.43 Å². The van der Waals surface area contributed by atoms with Crippen LogP contribution in [-0.4, -0.2) is 24.2 Å². The van der Waals surface area contributed by atoms with Crippen LogP contribution in [0.3, 0.4) is 0 Å². The van der Waals surface area contributed by atoms with Crippen molar-refractivity contribution in [2.45, 2.75) is 26.2 Å². The van der Waals surface area contributed by atoms with Gasteiger partial charge in [0.25, 0.3) is 0 Å². The molecule has 1 fully saturated rings. The van der Waals surface area contributed by atoms with Gasteiger partial charge < -0.3 is 4.74 Å². The summed E-state index contributed by atoms with van der Waals surface area (Å²) in [4.78, 5) is 22.9. The van der Waals surface area contributed by atoms with E-state index in [9.17, 15) is 9.59 Å². The quantitative estimate of drug-likeness (QED) is 0.673.